The van der Waals surface area contributed by atoms with E-state index in [9.17, 15) is 0 Å². The van der Waals surface area contributed by atoms with Gasteiger partial charge in [-0.2, -0.15) is 0 Å². The quantitative estimate of drug-likeness (QED) is 0.614. The summed E-state index contributed by atoms with van der Waals surface area (Å²) in [6.45, 7) is 8.31. The normalized spacial score (nSPS) is 16.5. The number of hydrogen-bond acceptors (Lipinski definition) is 3. The van der Waals surface area contributed by atoms with E-state index in [1.54, 1.807) is 0 Å². The average molecular weight is 174 g/mol. The molecule has 12 heavy (non-hydrogen) atoms. The first-order valence-corrected chi connectivity index (χ1v) is 4.81. The molecule has 0 saturated carbocycles. The fraction of sp³-hybridized carbons (Fsp3) is 1.00. The fourth-order valence-electron chi connectivity index (χ4n) is 1.49. The van der Waals surface area contributed by atoms with Crippen LogP contribution in [0.2, 0.25) is 0 Å². The molecule has 0 aromatic heterocycles. The molecule has 0 rings (SSSR count). The first-order valence-electron chi connectivity index (χ1n) is 4.81. The van der Waals surface area contributed by atoms with Crippen molar-refractivity contribution in [3.8, 4) is 0 Å². The van der Waals surface area contributed by atoms with E-state index in [1.165, 1.54) is 0 Å². The van der Waals surface area contributed by atoms with Crippen molar-refractivity contribution in [2.24, 2.45) is 5.73 Å². The number of nitrogens with two attached hydrogens (primary N) is 1. The zero-order chi connectivity index (χ0) is 9.56. The SMILES string of the molecule is CCC(N)C(CO)N(CC)CC. The Kier molecular flexibility index (Phi) is 6.34. The second-order valence-electron chi connectivity index (χ2n) is 3.04. The van der Waals surface area contributed by atoms with Gasteiger partial charge in [-0.3, -0.25) is 4.90 Å². The molecule has 0 aromatic rings. The van der Waals surface area contributed by atoms with Crippen molar-refractivity contribution in [3.63, 3.8) is 0 Å². The van der Waals surface area contributed by atoms with Crippen LogP contribution in [0, 0.1) is 0 Å². The minimum absolute atomic E-state index is 0.0925. The molecule has 2 unspecified atom stereocenters. The van der Waals surface area contributed by atoms with E-state index in [0.717, 1.165) is 19.5 Å². The smallest absolute Gasteiger partial charge is 0.0601 e. The molecule has 3 nitrogen and oxygen atoms in total. The van der Waals surface area contributed by atoms with Gasteiger partial charge in [0.1, 0.15) is 0 Å². The van der Waals surface area contributed by atoms with Crippen molar-refractivity contribution in [2.75, 3.05) is 19.7 Å². The second-order valence-corrected chi connectivity index (χ2v) is 3.04. The predicted octanol–water partition coefficient (Wildman–Crippen LogP) is 0.426. The highest BCUT2D eigenvalue weighted by Gasteiger charge is 2.20. The van der Waals surface area contributed by atoms with Crippen LogP contribution in [-0.2, 0) is 0 Å². The summed E-state index contributed by atoms with van der Waals surface area (Å²) in [5.74, 6) is 0. The van der Waals surface area contributed by atoms with Crippen molar-refractivity contribution >= 4 is 0 Å². The first-order chi connectivity index (χ1) is 5.71. The van der Waals surface area contributed by atoms with E-state index in [-0.39, 0.29) is 18.7 Å². The molecule has 0 aliphatic carbocycles. The van der Waals surface area contributed by atoms with Gasteiger partial charge in [0.05, 0.1) is 6.61 Å². The molecule has 0 heterocycles. The maximum absolute atomic E-state index is 9.14. The van der Waals surface area contributed by atoms with E-state index < -0.39 is 0 Å². The van der Waals surface area contributed by atoms with Crippen LogP contribution >= 0.6 is 0 Å². The largest absolute Gasteiger partial charge is 0.395 e. The highest BCUT2D eigenvalue weighted by Crippen LogP contribution is 2.04. The molecule has 0 aliphatic rings. The molecule has 0 amide bonds. The van der Waals surface area contributed by atoms with Gasteiger partial charge in [-0.05, 0) is 19.5 Å². The van der Waals surface area contributed by atoms with Gasteiger partial charge in [0.25, 0.3) is 0 Å². The summed E-state index contributed by atoms with van der Waals surface area (Å²) < 4.78 is 0. The average Bonchev–Trinajstić information content (AvgIpc) is 2.12. The fourth-order valence-corrected chi connectivity index (χ4v) is 1.49. The summed E-state index contributed by atoms with van der Waals surface area (Å²) in [7, 11) is 0. The molecule has 0 aromatic carbocycles. The topological polar surface area (TPSA) is 49.5 Å². The maximum atomic E-state index is 9.14. The van der Waals surface area contributed by atoms with Crippen molar-refractivity contribution in [1.82, 2.24) is 4.90 Å². The lowest BCUT2D eigenvalue weighted by molar-refractivity contribution is 0.112. The van der Waals surface area contributed by atoms with Crippen LogP contribution < -0.4 is 5.73 Å². The van der Waals surface area contributed by atoms with Crippen LogP contribution in [0.4, 0.5) is 0 Å². The Morgan fingerprint density at radius 1 is 1.25 bits per heavy atom. The number of hydrogen-bond donors (Lipinski definition) is 2. The Labute approximate surface area is 75.6 Å². The van der Waals surface area contributed by atoms with Crippen LogP contribution in [0.5, 0.6) is 0 Å². The van der Waals surface area contributed by atoms with Gasteiger partial charge in [0.2, 0.25) is 0 Å². The lowest BCUT2D eigenvalue weighted by Gasteiger charge is -2.32. The number of aliphatic hydroxyl groups is 1. The van der Waals surface area contributed by atoms with Crippen LogP contribution in [0.3, 0.4) is 0 Å². The van der Waals surface area contributed by atoms with Crippen molar-refractivity contribution < 1.29 is 5.11 Å². The van der Waals surface area contributed by atoms with Crippen molar-refractivity contribution in [1.29, 1.82) is 0 Å². The zero-order valence-corrected chi connectivity index (χ0v) is 8.45. The number of likely N-dealkylation sites (N-methyl/N-ethyl adjacent to an activating group) is 1. The zero-order valence-electron chi connectivity index (χ0n) is 8.45. The Balaban J connectivity index is 4.09. The highest BCUT2D eigenvalue weighted by molar-refractivity contribution is 4.79. The molecule has 0 saturated heterocycles. The van der Waals surface area contributed by atoms with Gasteiger partial charge in [-0.25, -0.2) is 0 Å². The third-order valence-corrected chi connectivity index (χ3v) is 2.43. The summed E-state index contributed by atoms with van der Waals surface area (Å²) in [6, 6.07) is 0.222. The first kappa shape index (κ1) is 11.9. The van der Waals surface area contributed by atoms with E-state index in [2.05, 4.69) is 25.7 Å². The Hall–Kier alpha value is -0.120. The van der Waals surface area contributed by atoms with Crippen LogP contribution in [0.1, 0.15) is 27.2 Å². The predicted molar refractivity (Wildman–Crippen MR) is 52.1 cm³/mol. The Bertz CT molecular complexity index is 105. The summed E-state index contributed by atoms with van der Waals surface area (Å²) >= 11 is 0. The van der Waals surface area contributed by atoms with Crippen LogP contribution in [-0.4, -0.2) is 41.8 Å². The summed E-state index contributed by atoms with van der Waals surface area (Å²) in [5, 5.41) is 9.14. The van der Waals surface area contributed by atoms with Crippen molar-refractivity contribution in [2.45, 2.75) is 39.3 Å². The highest BCUT2D eigenvalue weighted by atomic mass is 16.3. The molecular weight excluding hydrogens is 152 g/mol. The summed E-state index contributed by atoms with van der Waals surface area (Å²) in [5.41, 5.74) is 5.88. The van der Waals surface area contributed by atoms with Crippen LogP contribution in [0.25, 0.3) is 0 Å². The molecule has 3 heteroatoms. The van der Waals surface area contributed by atoms with Crippen LogP contribution in [0.15, 0.2) is 0 Å². The van der Waals surface area contributed by atoms with E-state index in [0.29, 0.717) is 0 Å². The monoisotopic (exact) mass is 174 g/mol. The van der Waals surface area contributed by atoms with E-state index in [4.69, 9.17) is 10.8 Å². The minimum Gasteiger partial charge on any atom is -0.395 e. The van der Waals surface area contributed by atoms with Crippen molar-refractivity contribution in [3.05, 3.63) is 0 Å². The Morgan fingerprint density at radius 2 is 1.75 bits per heavy atom. The summed E-state index contributed by atoms with van der Waals surface area (Å²) in [6.07, 6.45) is 0.918. The van der Waals surface area contributed by atoms with E-state index in [1.807, 2.05) is 0 Å². The minimum atomic E-state index is 0.0925. The third-order valence-electron chi connectivity index (χ3n) is 2.43. The van der Waals surface area contributed by atoms with Gasteiger partial charge in [0.15, 0.2) is 0 Å². The summed E-state index contributed by atoms with van der Waals surface area (Å²) in [4.78, 5) is 2.20. The maximum Gasteiger partial charge on any atom is 0.0601 e. The molecule has 74 valence electrons. The lowest BCUT2D eigenvalue weighted by Crippen LogP contribution is -2.49. The molecule has 3 N–H and O–H groups in total. The number of nitrogens with zero attached hydrogens (tertiary/aromatic N) is 1. The van der Waals surface area contributed by atoms with Gasteiger partial charge in [-0.1, -0.05) is 20.8 Å². The van der Waals surface area contributed by atoms with Gasteiger partial charge < -0.3 is 10.8 Å². The molecule has 2 atom stereocenters. The van der Waals surface area contributed by atoms with E-state index >= 15 is 0 Å². The van der Waals surface area contributed by atoms with Gasteiger partial charge >= 0.3 is 0 Å². The molecule has 0 fully saturated rings. The molecule has 0 bridgehead atoms. The Morgan fingerprint density at radius 3 is 2.00 bits per heavy atom. The molecular formula is C9H22N2O. The van der Waals surface area contributed by atoms with Gasteiger partial charge in [-0.15, -0.1) is 0 Å². The lowest BCUT2D eigenvalue weighted by atomic mass is 10.1. The number of rotatable bonds is 6. The third kappa shape index (κ3) is 3.09. The molecule has 0 spiro atoms. The van der Waals surface area contributed by atoms with Gasteiger partial charge in [0, 0.05) is 12.1 Å². The molecule has 0 radical (unpaired) electrons. The molecule has 0 aliphatic heterocycles. The number of aliphatic hydroxyl groups excluding tert-OH is 1. The standard InChI is InChI=1S/C9H22N2O/c1-4-8(10)9(7-12)11(5-2)6-3/h8-9,12H,4-7,10H2,1-3H3. The second kappa shape index (κ2) is 6.40.